The second-order valence-corrected chi connectivity index (χ2v) is 5.24. The summed E-state index contributed by atoms with van der Waals surface area (Å²) in [5.74, 6) is 0.814. The van der Waals surface area contributed by atoms with Gasteiger partial charge in [0, 0.05) is 24.3 Å². The molecule has 2 N–H and O–H groups in total. The van der Waals surface area contributed by atoms with E-state index < -0.39 is 0 Å². The molecule has 0 aromatic heterocycles. The Labute approximate surface area is 109 Å². The van der Waals surface area contributed by atoms with Gasteiger partial charge in [-0.3, -0.25) is 4.79 Å². The van der Waals surface area contributed by atoms with Crippen molar-refractivity contribution in [2.75, 3.05) is 18.8 Å². The molecular formula is C15H22N2O. The van der Waals surface area contributed by atoms with Crippen molar-refractivity contribution in [3.05, 3.63) is 29.3 Å². The highest BCUT2D eigenvalue weighted by molar-refractivity contribution is 5.95. The predicted octanol–water partition coefficient (Wildman–Crippen LogP) is 2.84. The van der Waals surface area contributed by atoms with Gasteiger partial charge in [0.05, 0.1) is 0 Å². The monoisotopic (exact) mass is 246 g/mol. The lowest BCUT2D eigenvalue weighted by atomic mass is 9.95. The molecule has 1 heterocycles. The van der Waals surface area contributed by atoms with Gasteiger partial charge in [-0.15, -0.1) is 0 Å². The molecule has 3 nitrogen and oxygen atoms in total. The second kappa shape index (κ2) is 5.42. The van der Waals surface area contributed by atoms with Crippen LogP contribution in [0.4, 0.5) is 5.69 Å². The number of rotatable bonds is 2. The van der Waals surface area contributed by atoms with E-state index in [1.54, 1.807) is 0 Å². The van der Waals surface area contributed by atoms with Crippen LogP contribution in [-0.4, -0.2) is 23.9 Å². The van der Waals surface area contributed by atoms with Crippen LogP contribution in [0, 0.1) is 12.8 Å². The Morgan fingerprint density at radius 3 is 2.94 bits per heavy atom. The van der Waals surface area contributed by atoms with Crippen LogP contribution in [0.1, 0.15) is 42.1 Å². The fourth-order valence-corrected chi connectivity index (χ4v) is 2.57. The van der Waals surface area contributed by atoms with Gasteiger partial charge in [-0.05, 0) is 49.4 Å². The van der Waals surface area contributed by atoms with Gasteiger partial charge < -0.3 is 10.6 Å². The van der Waals surface area contributed by atoms with E-state index in [0.717, 1.165) is 42.7 Å². The Morgan fingerprint density at radius 1 is 1.50 bits per heavy atom. The Kier molecular flexibility index (Phi) is 3.90. The van der Waals surface area contributed by atoms with Crippen molar-refractivity contribution in [1.82, 2.24) is 4.90 Å². The van der Waals surface area contributed by atoms with Gasteiger partial charge in [-0.25, -0.2) is 0 Å². The van der Waals surface area contributed by atoms with Crippen LogP contribution in [0.5, 0.6) is 0 Å². The number of piperidine rings is 1. The van der Waals surface area contributed by atoms with E-state index in [1.165, 1.54) is 6.42 Å². The number of amides is 1. The van der Waals surface area contributed by atoms with Crippen LogP contribution in [0.2, 0.25) is 0 Å². The summed E-state index contributed by atoms with van der Waals surface area (Å²) in [7, 11) is 0. The maximum atomic E-state index is 12.4. The minimum Gasteiger partial charge on any atom is -0.399 e. The largest absolute Gasteiger partial charge is 0.399 e. The molecule has 1 aliphatic heterocycles. The van der Waals surface area contributed by atoms with Crippen LogP contribution in [-0.2, 0) is 0 Å². The van der Waals surface area contributed by atoms with Crippen LogP contribution >= 0.6 is 0 Å². The quantitative estimate of drug-likeness (QED) is 0.816. The third-order valence-corrected chi connectivity index (χ3v) is 3.90. The Hall–Kier alpha value is -1.51. The molecule has 1 aromatic carbocycles. The molecule has 1 fully saturated rings. The maximum absolute atomic E-state index is 12.4. The molecule has 18 heavy (non-hydrogen) atoms. The van der Waals surface area contributed by atoms with E-state index in [9.17, 15) is 4.79 Å². The normalized spacial score (nSPS) is 19.9. The summed E-state index contributed by atoms with van der Waals surface area (Å²) in [5, 5.41) is 0. The summed E-state index contributed by atoms with van der Waals surface area (Å²) in [6.07, 6.45) is 3.53. The summed E-state index contributed by atoms with van der Waals surface area (Å²) in [6.45, 7) is 5.93. The van der Waals surface area contributed by atoms with Gasteiger partial charge >= 0.3 is 0 Å². The van der Waals surface area contributed by atoms with Gasteiger partial charge in [-0.2, -0.15) is 0 Å². The Bertz CT molecular complexity index is 442. The SMILES string of the molecule is CCC1CCCN(C(=O)c2ccc(N)c(C)c2)C1. The van der Waals surface area contributed by atoms with Gasteiger partial charge in [0.2, 0.25) is 0 Å². The van der Waals surface area contributed by atoms with Crippen LogP contribution in [0.15, 0.2) is 18.2 Å². The molecule has 1 aliphatic rings. The number of benzene rings is 1. The number of hydrogen-bond acceptors (Lipinski definition) is 2. The fraction of sp³-hybridized carbons (Fsp3) is 0.533. The third kappa shape index (κ3) is 2.66. The molecule has 2 rings (SSSR count). The van der Waals surface area contributed by atoms with E-state index >= 15 is 0 Å². The molecular weight excluding hydrogens is 224 g/mol. The average molecular weight is 246 g/mol. The minimum absolute atomic E-state index is 0.149. The van der Waals surface area contributed by atoms with E-state index in [1.807, 2.05) is 30.0 Å². The summed E-state index contributed by atoms with van der Waals surface area (Å²) < 4.78 is 0. The number of carbonyl (C=O) groups is 1. The smallest absolute Gasteiger partial charge is 0.253 e. The number of carbonyl (C=O) groups excluding carboxylic acids is 1. The lowest BCUT2D eigenvalue weighted by molar-refractivity contribution is 0.0671. The Balaban J connectivity index is 2.12. The number of nitrogens with two attached hydrogens (primary N) is 1. The number of nitrogens with zero attached hydrogens (tertiary/aromatic N) is 1. The molecule has 0 radical (unpaired) electrons. The van der Waals surface area contributed by atoms with Gasteiger partial charge in [0.1, 0.15) is 0 Å². The molecule has 98 valence electrons. The topological polar surface area (TPSA) is 46.3 Å². The number of likely N-dealkylation sites (tertiary alicyclic amines) is 1. The molecule has 0 spiro atoms. The first-order valence-electron chi connectivity index (χ1n) is 6.77. The fourth-order valence-electron chi connectivity index (χ4n) is 2.57. The zero-order valence-electron chi connectivity index (χ0n) is 11.3. The van der Waals surface area contributed by atoms with Crippen molar-refractivity contribution >= 4 is 11.6 Å². The number of nitrogen functional groups attached to an aromatic ring is 1. The van der Waals surface area contributed by atoms with Crippen molar-refractivity contribution in [3.8, 4) is 0 Å². The summed E-state index contributed by atoms with van der Waals surface area (Å²) in [4.78, 5) is 14.4. The van der Waals surface area contributed by atoms with Crippen molar-refractivity contribution in [2.24, 2.45) is 5.92 Å². The van der Waals surface area contributed by atoms with Crippen molar-refractivity contribution in [2.45, 2.75) is 33.1 Å². The molecule has 1 unspecified atom stereocenters. The van der Waals surface area contributed by atoms with E-state index in [-0.39, 0.29) is 5.91 Å². The second-order valence-electron chi connectivity index (χ2n) is 5.24. The maximum Gasteiger partial charge on any atom is 0.253 e. The molecule has 0 aliphatic carbocycles. The highest BCUT2D eigenvalue weighted by atomic mass is 16.2. The molecule has 1 saturated heterocycles. The van der Waals surface area contributed by atoms with Crippen molar-refractivity contribution in [1.29, 1.82) is 0 Å². The number of anilines is 1. The van der Waals surface area contributed by atoms with Gasteiger partial charge in [0.25, 0.3) is 5.91 Å². The lowest BCUT2D eigenvalue weighted by Gasteiger charge is -2.32. The van der Waals surface area contributed by atoms with E-state index in [2.05, 4.69) is 6.92 Å². The summed E-state index contributed by atoms with van der Waals surface area (Å²) in [6, 6.07) is 5.55. The molecule has 0 saturated carbocycles. The molecule has 1 amide bonds. The van der Waals surface area contributed by atoms with E-state index in [4.69, 9.17) is 5.73 Å². The van der Waals surface area contributed by atoms with Crippen molar-refractivity contribution in [3.63, 3.8) is 0 Å². The summed E-state index contributed by atoms with van der Waals surface area (Å²) in [5.41, 5.74) is 8.27. The van der Waals surface area contributed by atoms with Crippen LogP contribution in [0.3, 0.4) is 0 Å². The molecule has 1 atom stereocenters. The molecule has 3 heteroatoms. The summed E-state index contributed by atoms with van der Waals surface area (Å²) >= 11 is 0. The molecule has 0 bridgehead atoms. The zero-order chi connectivity index (χ0) is 13.1. The Morgan fingerprint density at radius 2 is 2.28 bits per heavy atom. The highest BCUT2D eigenvalue weighted by Crippen LogP contribution is 2.22. The zero-order valence-corrected chi connectivity index (χ0v) is 11.3. The van der Waals surface area contributed by atoms with Crippen LogP contribution < -0.4 is 5.73 Å². The third-order valence-electron chi connectivity index (χ3n) is 3.90. The first kappa shape index (κ1) is 12.9. The average Bonchev–Trinajstić information content (AvgIpc) is 2.41. The van der Waals surface area contributed by atoms with Crippen molar-refractivity contribution < 1.29 is 4.79 Å². The lowest BCUT2D eigenvalue weighted by Crippen LogP contribution is -2.39. The first-order valence-corrected chi connectivity index (χ1v) is 6.77. The van der Waals surface area contributed by atoms with E-state index in [0.29, 0.717) is 5.92 Å². The predicted molar refractivity (Wildman–Crippen MR) is 74.5 cm³/mol. The van der Waals surface area contributed by atoms with Gasteiger partial charge in [-0.1, -0.05) is 13.3 Å². The highest BCUT2D eigenvalue weighted by Gasteiger charge is 2.23. The minimum atomic E-state index is 0.149. The first-order chi connectivity index (χ1) is 8.61. The number of aryl methyl sites for hydroxylation is 1. The number of hydrogen-bond donors (Lipinski definition) is 1. The van der Waals surface area contributed by atoms with Crippen LogP contribution in [0.25, 0.3) is 0 Å². The standard InChI is InChI=1S/C15H22N2O/c1-3-12-5-4-8-17(10-12)15(18)13-6-7-14(16)11(2)9-13/h6-7,9,12H,3-5,8,10,16H2,1-2H3. The molecule has 1 aromatic rings. The van der Waals surface area contributed by atoms with Gasteiger partial charge in [0.15, 0.2) is 0 Å².